The zero-order valence-corrected chi connectivity index (χ0v) is 14.3. The van der Waals surface area contributed by atoms with Gasteiger partial charge < -0.3 is 16.0 Å². The molecule has 0 saturated heterocycles. The molecule has 0 fully saturated rings. The van der Waals surface area contributed by atoms with E-state index in [0.29, 0.717) is 5.56 Å². The number of hydrogen-bond donors (Lipinski definition) is 3. The van der Waals surface area contributed by atoms with Crippen LogP contribution in [0.15, 0.2) is 42.5 Å². The minimum Gasteiger partial charge on any atom is -0.376 e. The van der Waals surface area contributed by atoms with Crippen LogP contribution >= 0.6 is 0 Å². The van der Waals surface area contributed by atoms with E-state index in [1.54, 1.807) is 19.2 Å². The largest absolute Gasteiger partial charge is 0.376 e. The number of anilines is 2. The van der Waals surface area contributed by atoms with Gasteiger partial charge in [0.1, 0.15) is 0 Å². The summed E-state index contributed by atoms with van der Waals surface area (Å²) in [5.41, 5.74) is 4.19. The Morgan fingerprint density at radius 3 is 2.38 bits per heavy atom. The van der Waals surface area contributed by atoms with Gasteiger partial charge in [-0.15, -0.1) is 0 Å². The highest BCUT2D eigenvalue weighted by Gasteiger charge is 2.10. The molecular weight excluding hydrogens is 302 g/mol. The van der Waals surface area contributed by atoms with Gasteiger partial charge in [0.15, 0.2) is 0 Å². The first-order valence-corrected chi connectivity index (χ1v) is 7.99. The van der Waals surface area contributed by atoms with Crippen molar-refractivity contribution in [3.63, 3.8) is 0 Å². The van der Waals surface area contributed by atoms with Gasteiger partial charge in [0.25, 0.3) is 5.91 Å². The molecule has 0 aliphatic carbocycles. The first-order chi connectivity index (χ1) is 11.5. The van der Waals surface area contributed by atoms with Gasteiger partial charge in [0, 0.05) is 24.0 Å². The van der Waals surface area contributed by atoms with Gasteiger partial charge in [-0.1, -0.05) is 25.1 Å². The molecule has 0 spiro atoms. The third kappa shape index (κ3) is 4.35. The predicted octanol–water partition coefficient (Wildman–Crippen LogP) is 2.97. The van der Waals surface area contributed by atoms with Crippen LogP contribution < -0.4 is 16.0 Å². The van der Waals surface area contributed by atoms with Crippen LogP contribution in [0, 0.1) is 6.92 Å². The van der Waals surface area contributed by atoms with E-state index in [-0.39, 0.29) is 18.4 Å². The fraction of sp³-hybridized carbons (Fsp3) is 0.263. The summed E-state index contributed by atoms with van der Waals surface area (Å²) in [6, 6.07) is 13.2. The number of amides is 2. The number of aryl methyl sites for hydroxylation is 1. The Morgan fingerprint density at radius 2 is 1.75 bits per heavy atom. The van der Waals surface area contributed by atoms with Gasteiger partial charge >= 0.3 is 0 Å². The Bertz CT molecular complexity index is 724. The smallest absolute Gasteiger partial charge is 0.251 e. The van der Waals surface area contributed by atoms with Crippen LogP contribution in [-0.4, -0.2) is 25.4 Å². The second-order valence-corrected chi connectivity index (χ2v) is 5.51. The van der Waals surface area contributed by atoms with Crippen molar-refractivity contribution >= 4 is 23.2 Å². The molecule has 0 unspecified atom stereocenters. The summed E-state index contributed by atoms with van der Waals surface area (Å²) in [6.45, 7) is 4.08. The number of hydrogen-bond acceptors (Lipinski definition) is 3. The molecule has 0 atom stereocenters. The van der Waals surface area contributed by atoms with Crippen LogP contribution in [0.2, 0.25) is 0 Å². The fourth-order valence-electron chi connectivity index (χ4n) is 2.41. The molecule has 2 amide bonds. The summed E-state index contributed by atoms with van der Waals surface area (Å²) in [7, 11) is 1.60. The van der Waals surface area contributed by atoms with Crippen molar-refractivity contribution in [3.05, 3.63) is 59.2 Å². The second kappa shape index (κ2) is 8.15. The van der Waals surface area contributed by atoms with Crippen molar-refractivity contribution in [1.29, 1.82) is 0 Å². The topological polar surface area (TPSA) is 70.2 Å². The first-order valence-electron chi connectivity index (χ1n) is 7.99. The van der Waals surface area contributed by atoms with E-state index in [9.17, 15) is 9.59 Å². The summed E-state index contributed by atoms with van der Waals surface area (Å²) in [4.78, 5) is 23.9. The van der Waals surface area contributed by atoms with E-state index in [4.69, 9.17) is 0 Å². The summed E-state index contributed by atoms with van der Waals surface area (Å²) in [5.74, 6) is -0.277. The minimum atomic E-state index is -0.142. The van der Waals surface area contributed by atoms with E-state index in [0.717, 1.165) is 23.4 Å². The number of benzene rings is 2. The molecule has 0 radical (unpaired) electrons. The van der Waals surface area contributed by atoms with Crippen LogP contribution in [0.1, 0.15) is 28.4 Å². The lowest BCUT2D eigenvalue weighted by molar-refractivity contribution is -0.114. The van der Waals surface area contributed by atoms with E-state index in [1.807, 2.05) is 37.3 Å². The average Bonchev–Trinajstić information content (AvgIpc) is 2.61. The molecule has 0 aromatic heterocycles. The molecule has 0 aliphatic rings. The van der Waals surface area contributed by atoms with Gasteiger partial charge in [-0.2, -0.15) is 0 Å². The van der Waals surface area contributed by atoms with Crippen LogP contribution in [0.5, 0.6) is 0 Å². The lowest BCUT2D eigenvalue weighted by Gasteiger charge is -2.13. The van der Waals surface area contributed by atoms with Crippen molar-refractivity contribution in [1.82, 2.24) is 5.32 Å². The number of carbonyl (C=O) groups is 2. The number of nitrogens with one attached hydrogen (secondary N) is 3. The Balaban J connectivity index is 1.97. The quantitative estimate of drug-likeness (QED) is 0.765. The maximum Gasteiger partial charge on any atom is 0.251 e. The first kappa shape index (κ1) is 17.5. The minimum absolute atomic E-state index is 0.133. The Labute approximate surface area is 142 Å². The van der Waals surface area contributed by atoms with E-state index >= 15 is 0 Å². The lowest BCUT2D eigenvalue weighted by Crippen LogP contribution is -2.23. The standard InChI is InChI=1S/C19H23N3O2/c1-4-14-8-10-15(11-9-14)22-18(23)12-21-17-7-5-6-16(13(17)2)19(24)20-3/h5-11,21H,4,12H2,1-3H3,(H,20,24)(H,22,23). The van der Waals surface area contributed by atoms with Crippen molar-refractivity contribution in [3.8, 4) is 0 Å². The Hall–Kier alpha value is -2.82. The third-order valence-corrected chi connectivity index (χ3v) is 3.89. The molecular formula is C19H23N3O2. The van der Waals surface area contributed by atoms with Gasteiger partial charge in [0.05, 0.1) is 6.54 Å². The summed E-state index contributed by atoms with van der Waals surface area (Å²) >= 11 is 0. The van der Waals surface area contributed by atoms with Crippen LogP contribution in [0.3, 0.4) is 0 Å². The molecule has 0 aliphatic heterocycles. The van der Waals surface area contributed by atoms with Gasteiger partial charge in [0.2, 0.25) is 5.91 Å². The van der Waals surface area contributed by atoms with Crippen molar-refractivity contribution in [2.75, 3.05) is 24.2 Å². The normalized spacial score (nSPS) is 10.1. The van der Waals surface area contributed by atoms with Crippen LogP contribution in [0.4, 0.5) is 11.4 Å². The van der Waals surface area contributed by atoms with Crippen LogP contribution in [0.25, 0.3) is 0 Å². The Morgan fingerprint density at radius 1 is 1.04 bits per heavy atom. The molecule has 2 aromatic rings. The lowest BCUT2D eigenvalue weighted by atomic mass is 10.1. The molecule has 3 N–H and O–H groups in total. The molecule has 5 nitrogen and oxygen atoms in total. The third-order valence-electron chi connectivity index (χ3n) is 3.89. The predicted molar refractivity (Wildman–Crippen MR) is 97.5 cm³/mol. The van der Waals surface area contributed by atoms with Gasteiger partial charge in [-0.3, -0.25) is 9.59 Å². The molecule has 0 saturated carbocycles. The van der Waals surface area contributed by atoms with Crippen molar-refractivity contribution in [2.24, 2.45) is 0 Å². The maximum absolute atomic E-state index is 12.1. The molecule has 24 heavy (non-hydrogen) atoms. The molecule has 2 rings (SSSR count). The fourth-order valence-corrected chi connectivity index (χ4v) is 2.41. The molecule has 5 heteroatoms. The number of rotatable bonds is 6. The zero-order valence-electron chi connectivity index (χ0n) is 14.3. The average molecular weight is 325 g/mol. The SMILES string of the molecule is CCc1ccc(NC(=O)CNc2cccc(C(=O)NC)c2C)cc1. The summed E-state index contributed by atoms with van der Waals surface area (Å²) in [6.07, 6.45) is 0.969. The summed E-state index contributed by atoms with van der Waals surface area (Å²) < 4.78 is 0. The van der Waals surface area contributed by atoms with E-state index in [2.05, 4.69) is 22.9 Å². The highest BCUT2D eigenvalue weighted by molar-refractivity contribution is 5.97. The molecule has 126 valence electrons. The Kier molecular flexibility index (Phi) is 5.95. The van der Waals surface area contributed by atoms with Crippen molar-refractivity contribution < 1.29 is 9.59 Å². The molecule has 2 aromatic carbocycles. The van der Waals surface area contributed by atoms with E-state index < -0.39 is 0 Å². The van der Waals surface area contributed by atoms with Crippen LogP contribution in [-0.2, 0) is 11.2 Å². The zero-order chi connectivity index (χ0) is 17.5. The summed E-state index contributed by atoms with van der Waals surface area (Å²) in [5, 5.41) is 8.54. The van der Waals surface area contributed by atoms with Gasteiger partial charge in [-0.25, -0.2) is 0 Å². The highest BCUT2D eigenvalue weighted by atomic mass is 16.2. The van der Waals surface area contributed by atoms with Crippen molar-refractivity contribution in [2.45, 2.75) is 20.3 Å². The van der Waals surface area contributed by atoms with Gasteiger partial charge in [-0.05, 0) is 48.7 Å². The van der Waals surface area contributed by atoms with E-state index in [1.165, 1.54) is 5.56 Å². The number of carbonyl (C=O) groups excluding carboxylic acids is 2. The molecule has 0 bridgehead atoms. The monoisotopic (exact) mass is 325 g/mol. The maximum atomic E-state index is 12.1. The second-order valence-electron chi connectivity index (χ2n) is 5.51. The highest BCUT2D eigenvalue weighted by Crippen LogP contribution is 2.18. The molecule has 0 heterocycles.